The number of aliphatic carboxylic acids is 1. The molecule has 1 unspecified atom stereocenters. The van der Waals surface area contributed by atoms with Gasteiger partial charge in [0.05, 0.1) is 28.5 Å². The van der Waals surface area contributed by atoms with Gasteiger partial charge in [0.2, 0.25) is 0 Å². The first kappa shape index (κ1) is 29.5. The summed E-state index contributed by atoms with van der Waals surface area (Å²) in [6.07, 6.45) is 0.604. The Bertz CT molecular complexity index is 1250. The quantitative estimate of drug-likeness (QED) is 0.367. The highest BCUT2D eigenvalue weighted by molar-refractivity contribution is 6.07. The fourth-order valence-corrected chi connectivity index (χ4v) is 8.40. The van der Waals surface area contributed by atoms with Crippen LogP contribution in [0.1, 0.15) is 80.6 Å². The fourth-order valence-electron chi connectivity index (χ4n) is 8.40. The van der Waals surface area contributed by atoms with Gasteiger partial charge < -0.3 is 20.4 Å². The van der Waals surface area contributed by atoms with Gasteiger partial charge in [-0.15, -0.1) is 0 Å². The van der Waals surface area contributed by atoms with Crippen molar-refractivity contribution in [1.82, 2.24) is 0 Å². The topological polar surface area (TPSA) is 166 Å². The molecule has 2 fully saturated rings. The molecule has 8 atom stereocenters. The van der Waals surface area contributed by atoms with Gasteiger partial charge in [-0.3, -0.25) is 24.0 Å². The van der Waals surface area contributed by atoms with Crippen molar-refractivity contribution in [1.29, 1.82) is 0 Å². The summed E-state index contributed by atoms with van der Waals surface area (Å²) in [7, 11) is 0. The van der Waals surface area contributed by atoms with E-state index in [-0.39, 0.29) is 36.2 Å². The summed E-state index contributed by atoms with van der Waals surface area (Å²) in [5.41, 5.74) is -9.33. The number of Topliss-reactive ketones (excluding diaryl/α,β-unsaturated/α-hetero) is 3. The molecule has 0 aromatic carbocycles. The Morgan fingerprint density at radius 3 is 2.26 bits per heavy atom. The highest BCUT2D eigenvalue weighted by Crippen LogP contribution is 2.71. The molecule has 9 nitrogen and oxygen atoms in total. The number of fused-ring (bicyclic) bond motifs is 5. The molecule has 0 aliphatic heterocycles. The Morgan fingerprint density at radius 2 is 1.69 bits per heavy atom. The molecule has 4 rings (SSSR count). The van der Waals surface area contributed by atoms with Crippen molar-refractivity contribution in [2.24, 2.45) is 33.5 Å². The van der Waals surface area contributed by atoms with Gasteiger partial charge in [-0.1, -0.05) is 40.7 Å². The third kappa shape index (κ3) is 3.51. The van der Waals surface area contributed by atoms with E-state index in [9.17, 15) is 39.3 Å². The molecule has 0 spiro atoms. The largest absolute Gasteiger partial charge is 0.481 e. The first-order valence-electron chi connectivity index (χ1n) is 13.6. The number of aliphatic hydroxyl groups excluding tert-OH is 1. The highest BCUT2D eigenvalue weighted by Gasteiger charge is 2.78. The predicted octanol–water partition coefficient (Wildman–Crippen LogP) is 2.35. The molecule has 214 valence electrons. The highest BCUT2D eigenvalue weighted by atomic mass is 16.4. The first-order chi connectivity index (χ1) is 17.6. The van der Waals surface area contributed by atoms with E-state index in [1.807, 2.05) is 6.92 Å². The molecule has 9 heteroatoms. The van der Waals surface area contributed by atoms with Gasteiger partial charge in [0.15, 0.2) is 17.2 Å². The average molecular weight is 545 g/mol. The van der Waals surface area contributed by atoms with Gasteiger partial charge >= 0.3 is 5.97 Å². The maximum Gasteiger partial charge on any atom is 0.306 e. The van der Waals surface area contributed by atoms with Crippen molar-refractivity contribution in [2.45, 2.75) is 97.9 Å². The Balaban J connectivity index is 1.84. The third-order valence-electron chi connectivity index (χ3n) is 11.1. The van der Waals surface area contributed by atoms with Crippen LogP contribution in [0.2, 0.25) is 0 Å². The van der Waals surface area contributed by atoms with Crippen LogP contribution in [0.5, 0.6) is 0 Å². The van der Waals surface area contributed by atoms with Crippen LogP contribution in [0.15, 0.2) is 23.3 Å². The summed E-state index contributed by atoms with van der Waals surface area (Å²) >= 11 is 0. The number of hydrogen-bond donors (Lipinski definition) is 4. The molecular formula is C30H40O9. The maximum atomic E-state index is 14.1. The number of ketones is 4. The van der Waals surface area contributed by atoms with Crippen molar-refractivity contribution in [3.8, 4) is 0 Å². The van der Waals surface area contributed by atoms with Gasteiger partial charge in [-0.2, -0.15) is 0 Å². The molecule has 0 saturated heterocycles. The van der Waals surface area contributed by atoms with Gasteiger partial charge in [0.25, 0.3) is 0 Å². The number of allylic oxidation sites excluding steroid dienone is 1. The Kier molecular flexibility index (Phi) is 6.43. The minimum absolute atomic E-state index is 0.00859. The number of carboxylic acid groups (broad SMARTS) is 1. The minimum Gasteiger partial charge on any atom is -0.481 e. The number of rotatable bonds is 6. The molecule has 0 aromatic rings. The Morgan fingerprint density at radius 1 is 1.10 bits per heavy atom. The molecule has 4 aliphatic carbocycles. The van der Waals surface area contributed by atoms with Crippen molar-refractivity contribution in [3.05, 3.63) is 23.3 Å². The zero-order valence-electron chi connectivity index (χ0n) is 23.8. The van der Waals surface area contributed by atoms with E-state index in [1.165, 1.54) is 39.8 Å². The summed E-state index contributed by atoms with van der Waals surface area (Å²) < 4.78 is 0. The van der Waals surface area contributed by atoms with E-state index in [0.717, 1.165) is 0 Å². The van der Waals surface area contributed by atoms with Crippen LogP contribution >= 0.6 is 0 Å². The number of carbonyl (C=O) groups excluding carboxylic acids is 4. The molecule has 4 aliphatic rings. The third-order valence-corrected chi connectivity index (χ3v) is 11.1. The summed E-state index contributed by atoms with van der Waals surface area (Å²) in [5.74, 6) is -4.23. The van der Waals surface area contributed by atoms with E-state index < -0.39 is 80.5 Å². The Hall–Kier alpha value is -2.49. The van der Waals surface area contributed by atoms with E-state index in [2.05, 4.69) is 0 Å². The van der Waals surface area contributed by atoms with E-state index in [0.29, 0.717) is 6.42 Å². The van der Waals surface area contributed by atoms with E-state index in [4.69, 9.17) is 5.11 Å². The summed E-state index contributed by atoms with van der Waals surface area (Å²) in [4.78, 5) is 64.9. The van der Waals surface area contributed by atoms with Crippen LogP contribution in [-0.2, 0) is 24.0 Å². The summed E-state index contributed by atoms with van der Waals surface area (Å²) in [5, 5.41) is 44.7. The van der Waals surface area contributed by atoms with Crippen LogP contribution in [-0.4, -0.2) is 66.8 Å². The summed E-state index contributed by atoms with van der Waals surface area (Å²) in [6.45, 7) is 11.1. The van der Waals surface area contributed by atoms with Gasteiger partial charge in [-0.05, 0) is 48.8 Å². The zero-order valence-corrected chi connectivity index (χ0v) is 23.8. The van der Waals surface area contributed by atoms with Crippen molar-refractivity contribution in [3.63, 3.8) is 0 Å². The number of hydrogen-bond acceptors (Lipinski definition) is 8. The zero-order chi connectivity index (χ0) is 29.7. The maximum absolute atomic E-state index is 14.1. The van der Waals surface area contributed by atoms with Crippen LogP contribution in [0.4, 0.5) is 0 Å². The lowest BCUT2D eigenvalue weighted by Gasteiger charge is -2.64. The second-order valence-corrected chi connectivity index (χ2v) is 13.7. The normalized spacial score (nSPS) is 41.4. The molecule has 2 saturated carbocycles. The van der Waals surface area contributed by atoms with Gasteiger partial charge in [0, 0.05) is 31.1 Å². The molecular weight excluding hydrogens is 504 g/mol. The van der Waals surface area contributed by atoms with Crippen LogP contribution in [0, 0.1) is 33.5 Å². The monoisotopic (exact) mass is 544 g/mol. The molecule has 0 radical (unpaired) electrons. The second kappa shape index (κ2) is 8.51. The molecule has 0 bridgehead atoms. The van der Waals surface area contributed by atoms with Crippen molar-refractivity contribution < 1.29 is 44.4 Å². The van der Waals surface area contributed by atoms with Crippen LogP contribution in [0.25, 0.3) is 0 Å². The smallest absolute Gasteiger partial charge is 0.306 e. The first-order valence-corrected chi connectivity index (χ1v) is 13.6. The lowest BCUT2D eigenvalue weighted by Crippen LogP contribution is -2.73. The molecule has 0 aromatic heterocycles. The number of carbonyl (C=O) groups is 5. The number of carboxylic acids is 1. The fraction of sp³-hybridized carbons (Fsp3) is 0.700. The van der Waals surface area contributed by atoms with Crippen LogP contribution in [0.3, 0.4) is 0 Å². The minimum atomic E-state index is -2.27. The molecule has 4 N–H and O–H groups in total. The lowest BCUT2D eigenvalue weighted by atomic mass is 9.38. The Labute approximate surface area is 228 Å². The molecule has 39 heavy (non-hydrogen) atoms. The average Bonchev–Trinajstić information content (AvgIpc) is 3.04. The van der Waals surface area contributed by atoms with Gasteiger partial charge in [-0.25, -0.2) is 0 Å². The number of aliphatic hydroxyl groups is 3. The standard InChI is InChI=1S/C30H40O9/c1-15(24(36)37)10-16(31)14-27(5,38)19-13-22(34)29(7)28(19,6)21(33)12-18-26(4)9-8-20(32)25(2,3)17(26)11-23(35)30(18,29)39/h12-13,15,17,22,34,38-39H,8-11,14H2,1-7H3,(H,36,37)/t15?,17-,22+,26-,27-,28-,29+,30+/m0/s1. The summed E-state index contributed by atoms with van der Waals surface area (Å²) in [6, 6.07) is 0. The predicted molar refractivity (Wildman–Crippen MR) is 139 cm³/mol. The molecule has 0 amide bonds. The van der Waals surface area contributed by atoms with Gasteiger partial charge in [0.1, 0.15) is 11.6 Å². The second-order valence-electron chi connectivity index (χ2n) is 13.7. The molecule has 0 heterocycles. The van der Waals surface area contributed by atoms with E-state index in [1.54, 1.807) is 13.8 Å². The van der Waals surface area contributed by atoms with Crippen molar-refractivity contribution >= 4 is 29.1 Å². The SMILES string of the molecule is CC(CC(=O)C[C@](C)(O)C1=C[C@@H](O)[C@]2(C)[C@]1(C)C(=O)C=C1[C@@]2(O)C(=O)C[C@H]2C(C)(C)C(=O)CC[C@]12C)C(=O)O. The van der Waals surface area contributed by atoms with Crippen molar-refractivity contribution in [2.75, 3.05) is 0 Å². The van der Waals surface area contributed by atoms with E-state index >= 15 is 0 Å². The lowest BCUT2D eigenvalue weighted by molar-refractivity contribution is -0.195. The van der Waals surface area contributed by atoms with Crippen LogP contribution < -0.4 is 0 Å².